The molecule has 5 nitrogen and oxygen atoms in total. The molecule has 0 saturated heterocycles. The average Bonchev–Trinajstić information content (AvgIpc) is 3.06. The van der Waals surface area contributed by atoms with Crippen LogP contribution in [0.5, 0.6) is 5.75 Å². The molecule has 0 spiro atoms. The van der Waals surface area contributed by atoms with E-state index < -0.39 is 12.2 Å². The Labute approximate surface area is 171 Å². The lowest BCUT2D eigenvalue weighted by Gasteiger charge is -2.17. The fourth-order valence-corrected chi connectivity index (χ4v) is 3.99. The van der Waals surface area contributed by atoms with Crippen LogP contribution in [0.1, 0.15) is 18.9 Å². The summed E-state index contributed by atoms with van der Waals surface area (Å²) < 4.78 is 8.60. The summed E-state index contributed by atoms with van der Waals surface area (Å²) in [5.41, 5.74) is 1.67. The SMILES string of the molecule is C[C@H](O)c1nc2ccccc2n1C[C@H](O)COc1ccc2ccccc2c1Br. The largest absolute Gasteiger partial charge is 0.490 e. The van der Waals surface area contributed by atoms with Crippen LogP contribution in [0.3, 0.4) is 0 Å². The lowest BCUT2D eigenvalue weighted by Crippen LogP contribution is -2.25. The van der Waals surface area contributed by atoms with E-state index in [1.807, 2.05) is 65.2 Å². The quantitative estimate of drug-likeness (QED) is 0.464. The van der Waals surface area contributed by atoms with Gasteiger partial charge in [-0.1, -0.05) is 42.5 Å². The summed E-state index contributed by atoms with van der Waals surface area (Å²) in [6.07, 6.45) is -1.48. The zero-order valence-corrected chi connectivity index (χ0v) is 17.0. The Bertz CT molecular complexity index is 1120. The highest BCUT2D eigenvalue weighted by Crippen LogP contribution is 2.33. The molecule has 1 heterocycles. The van der Waals surface area contributed by atoms with Crippen molar-refractivity contribution in [2.75, 3.05) is 6.61 Å². The van der Waals surface area contributed by atoms with E-state index in [1.54, 1.807) is 6.92 Å². The van der Waals surface area contributed by atoms with Crippen molar-refractivity contribution in [1.29, 1.82) is 0 Å². The van der Waals surface area contributed by atoms with Gasteiger partial charge in [0.2, 0.25) is 0 Å². The molecule has 2 N–H and O–H groups in total. The van der Waals surface area contributed by atoms with Crippen molar-refractivity contribution >= 4 is 37.7 Å². The second-order valence-electron chi connectivity index (χ2n) is 6.81. The number of hydrogen-bond acceptors (Lipinski definition) is 4. The van der Waals surface area contributed by atoms with Gasteiger partial charge in [0.1, 0.15) is 30.4 Å². The van der Waals surface area contributed by atoms with Gasteiger partial charge >= 0.3 is 0 Å². The van der Waals surface area contributed by atoms with Crippen LogP contribution in [0, 0.1) is 0 Å². The fourth-order valence-electron chi connectivity index (χ4n) is 3.38. The molecule has 0 saturated carbocycles. The summed E-state index contributed by atoms with van der Waals surface area (Å²) >= 11 is 3.60. The van der Waals surface area contributed by atoms with E-state index in [4.69, 9.17) is 4.74 Å². The first-order chi connectivity index (χ1) is 13.5. The third-order valence-electron chi connectivity index (χ3n) is 4.71. The molecular formula is C22H21BrN2O3. The number of aliphatic hydroxyl groups is 2. The Morgan fingerprint density at radius 1 is 1.04 bits per heavy atom. The number of aromatic nitrogens is 2. The minimum Gasteiger partial charge on any atom is -0.490 e. The molecule has 0 fully saturated rings. The standard InChI is InChI=1S/C22H21BrN2O3/c1-14(26)22-24-18-8-4-5-9-19(18)25(22)12-16(27)13-28-20-11-10-15-6-2-3-7-17(15)21(20)23/h2-11,14,16,26-27H,12-13H2,1H3/t14-,16-/m0/s1. The summed E-state index contributed by atoms with van der Waals surface area (Å²) in [5.74, 6) is 1.22. The smallest absolute Gasteiger partial charge is 0.138 e. The molecule has 0 bridgehead atoms. The molecule has 1 aromatic heterocycles. The number of para-hydroxylation sites is 2. The van der Waals surface area contributed by atoms with Gasteiger partial charge in [0, 0.05) is 0 Å². The number of benzene rings is 3. The van der Waals surface area contributed by atoms with Crippen LogP contribution in [-0.2, 0) is 6.54 Å². The molecular weight excluding hydrogens is 420 g/mol. The number of ether oxygens (including phenoxy) is 1. The number of nitrogens with zero attached hydrogens (tertiary/aromatic N) is 2. The molecule has 4 aromatic rings. The van der Waals surface area contributed by atoms with Crippen molar-refractivity contribution in [3.05, 3.63) is 71.0 Å². The molecule has 0 amide bonds. The highest BCUT2D eigenvalue weighted by Gasteiger charge is 2.18. The van der Waals surface area contributed by atoms with Gasteiger partial charge < -0.3 is 19.5 Å². The van der Waals surface area contributed by atoms with E-state index in [-0.39, 0.29) is 13.2 Å². The van der Waals surface area contributed by atoms with E-state index >= 15 is 0 Å². The van der Waals surface area contributed by atoms with E-state index in [0.29, 0.717) is 11.6 Å². The number of rotatable bonds is 6. The Balaban J connectivity index is 1.53. The summed E-state index contributed by atoms with van der Waals surface area (Å²) in [6, 6.07) is 19.6. The summed E-state index contributed by atoms with van der Waals surface area (Å²) in [7, 11) is 0. The lowest BCUT2D eigenvalue weighted by atomic mass is 10.1. The molecule has 0 radical (unpaired) electrons. The second-order valence-corrected chi connectivity index (χ2v) is 7.60. The second kappa shape index (κ2) is 7.91. The molecule has 3 aromatic carbocycles. The Kier molecular flexibility index (Phi) is 5.35. The third kappa shape index (κ3) is 3.63. The van der Waals surface area contributed by atoms with Crippen LogP contribution in [-0.4, -0.2) is 32.5 Å². The minimum atomic E-state index is -0.756. The predicted octanol–water partition coefficient (Wildman–Crippen LogP) is 4.45. The third-order valence-corrected chi connectivity index (χ3v) is 5.53. The van der Waals surface area contributed by atoms with Crippen molar-refractivity contribution in [2.45, 2.75) is 25.7 Å². The first kappa shape index (κ1) is 18.9. The summed E-state index contributed by atoms with van der Waals surface area (Å²) in [5, 5.41) is 22.8. The highest BCUT2D eigenvalue weighted by molar-refractivity contribution is 9.10. The first-order valence-electron chi connectivity index (χ1n) is 9.16. The molecule has 144 valence electrons. The van der Waals surface area contributed by atoms with Gasteiger partial charge in [0.25, 0.3) is 0 Å². The highest BCUT2D eigenvalue weighted by atomic mass is 79.9. The molecule has 6 heteroatoms. The number of imidazole rings is 1. The molecule has 2 atom stereocenters. The topological polar surface area (TPSA) is 67.5 Å². The van der Waals surface area contributed by atoms with Gasteiger partial charge in [-0.3, -0.25) is 0 Å². The first-order valence-corrected chi connectivity index (χ1v) is 9.95. The van der Waals surface area contributed by atoms with Crippen LogP contribution >= 0.6 is 15.9 Å². The number of hydrogen-bond donors (Lipinski definition) is 2. The maximum atomic E-state index is 10.6. The fraction of sp³-hybridized carbons (Fsp3) is 0.227. The van der Waals surface area contributed by atoms with Crippen molar-refractivity contribution in [2.24, 2.45) is 0 Å². The van der Waals surface area contributed by atoms with Gasteiger partial charge in [-0.15, -0.1) is 0 Å². The molecule has 0 aliphatic heterocycles. The summed E-state index contributed by atoms with van der Waals surface area (Å²) in [4.78, 5) is 4.49. The monoisotopic (exact) mass is 440 g/mol. The number of aliphatic hydroxyl groups excluding tert-OH is 2. The lowest BCUT2D eigenvalue weighted by molar-refractivity contribution is 0.0892. The van der Waals surface area contributed by atoms with Crippen molar-refractivity contribution in [3.63, 3.8) is 0 Å². The van der Waals surface area contributed by atoms with Crippen LogP contribution in [0.4, 0.5) is 0 Å². The van der Waals surface area contributed by atoms with E-state index in [2.05, 4.69) is 20.9 Å². The van der Waals surface area contributed by atoms with Crippen molar-refractivity contribution in [1.82, 2.24) is 9.55 Å². The van der Waals surface area contributed by atoms with Gasteiger partial charge in [-0.25, -0.2) is 4.98 Å². The van der Waals surface area contributed by atoms with Crippen LogP contribution < -0.4 is 4.74 Å². The zero-order valence-electron chi connectivity index (χ0n) is 15.4. The Morgan fingerprint density at radius 3 is 2.61 bits per heavy atom. The van der Waals surface area contributed by atoms with Crippen LogP contribution in [0.25, 0.3) is 21.8 Å². The average molecular weight is 441 g/mol. The molecule has 0 unspecified atom stereocenters. The maximum absolute atomic E-state index is 10.6. The van der Waals surface area contributed by atoms with Gasteiger partial charge in [0.15, 0.2) is 0 Å². The molecule has 28 heavy (non-hydrogen) atoms. The summed E-state index contributed by atoms with van der Waals surface area (Å²) in [6.45, 7) is 2.08. The van der Waals surface area contributed by atoms with Crippen molar-refractivity contribution in [3.8, 4) is 5.75 Å². The van der Waals surface area contributed by atoms with Crippen LogP contribution in [0.15, 0.2) is 65.1 Å². The molecule has 0 aliphatic rings. The minimum absolute atomic E-state index is 0.128. The Hall–Kier alpha value is -2.41. The van der Waals surface area contributed by atoms with E-state index in [0.717, 1.165) is 26.3 Å². The van der Waals surface area contributed by atoms with Gasteiger partial charge in [0.05, 0.1) is 22.1 Å². The maximum Gasteiger partial charge on any atom is 0.138 e. The molecule has 0 aliphatic carbocycles. The Morgan fingerprint density at radius 2 is 1.79 bits per heavy atom. The van der Waals surface area contributed by atoms with Gasteiger partial charge in [-0.05, 0) is 51.8 Å². The van der Waals surface area contributed by atoms with E-state index in [1.165, 1.54) is 0 Å². The van der Waals surface area contributed by atoms with Crippen LogP contribution in [0.2, 0.25) is 0 Å². The van der Waals surface area contributed by atoms with Gasteiger partial charge in [-0.2, -0.15) is 0 Å². The van der Waals surface area contributed by atoms with E-state index in [9.17, 15) is 10.2 Å². The molecule has 4 rings (SSSR count). The number of fused-ring (bicyclic) bond motifs is 2. The van der Waals surface area contributed by atoms with Crippen molar-refractivity contribution < 1.29 is 14.9 Å². The zero-order chi connectivity index (χ0) is 19.7. The number of halogens is 1. The normalized spacial score (nSPS) is 13.7. The predicted molar refractivity (Wildman–Crippen MR) is 114 cm³/mol.